The summed E-state index contributed by atoms with van der Waals surface area (Å²) in [6.07, 6.45) is 3.31. The van der Waals surface area contributed by atoms with E-state index >= 15 is 0 Å². The molecule has 0 radical (unpaired) electrons. The molecule has 0 spiro atoms. The summed E-state index contributed by atoms with van der Waals surface area (Å²) in [6.45, 7) is 2.60. The number of aromatic nitrogens is 2. The summed E-state index contributed by atoms with van der Waals surface area (Å²) in [5, 5.41) is 8.67. The summed E-state index contributed by atoms with van der Waals surface area (Å²) in [7, 11) is 0. The van der Waals surface area contributed by atoms with Crippen molar-refractivity contribution >= 4 is 0 Å². The van der Waals surface area contributed by atoms with E-state index in [1.165, 1.54) is 0 Å². The number of benzene rings is 1. The smallest absolute Gasteiger partial charge is 0.158 e. The highest BCUT2D eigenvalue weighted by Crippen LogP contribution is 2.15. The van der Waals surface area contributed by atoms with Gasteiger partial charge in [0.25, 0.3) is 0 Å². The van der Waals surface area contributed by atoms with Gasteiger partial charge in [-0.2, -0.15) is 5.26 Å². The standard InChI is InChI=1S/C12H11N3O/c1-2-16-12-5-3-11(4-6-12)15-8-10(7-13)14-9-15/h3-6,8-9H,2H2,1H3. The zero-order valence-corrected chi connectivity index (χ0v) is 8.92. The van der Waals surface area contributed by atoms with Crippen LogP contribution in [0.2, 0.25) is 0 Å². The molecule has 0 bridgehead atoms. The molecule has 0 N–H and O–H groups in total. The Bertz CT molecular complexity index is 508. The van der Waals surface area contributed by atoms with Gasteiger partial charge in [-0.25, -0.2) is 4.98 Å². The third-order valence-corrected chi connectivity index (χ3v) is 2.14. The average molecular weight is 213 g/mol. The van der Waals surface area contributed by atoms with Crippen molar-refractivity contribution in [1.29, 1.82) is 5.26 Å². The highest BCUT2D eigenvalue weighted by Gasteiger charge is 2.00. The zero-order valence-electron chi connectivity index (χ0n) is 8.92. The van der Waals surface area contributed by atoms with Crippen molar-refractivity contribution in [1.82, 2.24) is 9.55 Å². The number of rotatable bonds is 3. The molecule has 1 aromatic heterocycles. The number of hydrogen-bond donors (Lipinski definition) is 0. The van der Waals surface area contributed by atoms with E-state index in [1.54, 1.807) is 17.1 Å². The minimum atomic E-state index is 0.411. The van der Waals surface area contributed by atoms with Gasteiger partial charge in [0.2, 0.25) is 0 Å². The van der Waals surface area contributed by atoms with Crippen LogP contribution in [0.3, 0.4) is 0 Å². The first-order valence-corrected chi connectivity index (χ1v) is 5.01. The van der Waals surface area contributed by atoms with Crippen LogP contribution < -0.4 is 4.74 Å². The fraction of sp³-hybridized carbons (Fsp3) is 0.167. The number of imidazole rings is 1. The monoisotopic (exact) mass is 213 g/mol. The van der Waals surface area contributed by atoms with Crippen LogP contribution in [0, 0.1) is 11.3 Å². The van der Waals surface area contributed by atoms with Gasteiger partial charge >= 0.3 is 0 Å². The molecule has 4 heteroatoms. The Morgan fingerprint density at radius 1 is 1.38 bits per heavy atom. The van der Waals surface area contributed by atoms with Crippen LogP contribution in [-0.2, 0) is 0 Å². The summed E-state index contributed by atoms with van der Waals surface area (Å²) in [5.41, 5.74) is 1.37. The minimum Gasteiger partial charge on any atom is -0.494 e. The maximum absolute atomic E-state index is 8.67. The lowest BCUT2D eigenvalue weighted by atomic mass is 10.3. The molecule has 1 aromatic carbocycles. The predicted octanol–water partition coefficient (Wildman–Crippen LogP) is 2.14. The molecular formula is C12H11N3O. The van der Waals surface area contributed by atoms with Gasteiger partial charge in [0, 0.05) is 11.9 Å². The summed E-state index contributed by atoms with van der Waals surface area (Å²) in [5.74, 6) is 0.840. The Kier molecular flexibility index (Phi) is 2.88. The SMILES string of the molecule is CCOc1ccc(-n2cnc(C#N)c2)cc1. The number of nitrogens with zero attached hydrogens (tertiary/aromatic N) is 3. The normalized spacial score (nSPS) is 9.75. The summed E-state index contributed by atoms with van der Waals surface area (Å²) < 4.78 is 7.15. The van der Waals surface area contributed by atoms with Crippen molar-refractivity contribution in [2.45, 2.75) is 6.92 Å². The van der Waals surface area contributed by atoms with Crippen molar-refractivity contribution < 1.29 is 4.74 Å². The van der Waals surface area contributed by atoms with Gasteiger partial charge in [0.05, 0.1) is 6.61 Å². The third kappa shape index (κ3) is 2.04. The van der Waals surface area contributed by atoms with Crippen molar-refractivity contribution in [3.05, 3.63) is 42.5 Å². The summed E-state index contributed by atoms with van der Waals surface area (Å²) in [4.78, 5) is 3.94. The lowest BCUT2D eigenvalue weighted by molar-refractivity contribution is 0.340. The molecule has 0 saturated heterocycles. The van der Waals surface area contributed by atoms with Gasteiger partial charge in [-0.1, -0.05) is 0 Å². The van der Waals surface area contributed by atoms with Crippen LogP contribution in [0.5, 0.6) is 5.75 Å². The van der Waals surface area contributed by atoms with E-state index < -0.39 is 0 Å². The predicted molar refractivity (Wildman–Crippen MR) is 59.4 cm³/mol. The van der Waals surface area contributed by atoms with E-state index in [-0.39, 0.29) is 0 Å². The second-order valence-electron chi connectivity index (χ2n) is 3.20. The Morgan fingerprint density at radius 3 is 2.69 bits per heavy atom. The van der Waals surface area contributed by atoms with Crippen LogP contribution >= 0.6 is 0 Å². The van der Waals surface area contributed by atoms with Crippen molar-refractivity contribution in [3.8, 4) is 17.5 Å². The molecule has 0 aliphatic rings. The fourth-order valence-electron chi connectivity index (χ4n) is 1.40. The molecular weight excluding hydrogens is 202 g/mol. The van der Waals surface area contributed by atoms with Gasteiger partial charge < -0.3 is 9.30 Å². The van der Waals surface area contributed by atoms with E-state index in [1.807, 2.05) is 37.3 Å². The summed E-state index contributed by atoms with van der Waals surface area (Å²) >= 11 is 0. The molecule has 0 fully saturated rings. The lowest BCUT2D eigenvalue weighted by Crippen LogP contribution is -1.93. The van der Waals surface area contributed by atoms with Gasteiger partial charge in [0.15, 0.2) is 5.69 Å². The van der Waals surface area contributed by atoms with Gasteiger partial charge in [-0.05, 0) is 31.2 Å². The van der Waals surface area contributed by atoms with E-state index in [2.05, 4.69) is 4.98 Å². The Hall–Kier alpha value is -2.28. The molecule has 16 heavy (non-hydrogen) atoms. The van der Waals surface area contributed by atoms with Crippen molar-refractivity contribution in [2.75, 3.05) is 6.61 Å². The fourth-order valence-corrected chi connectivity index (χ4v) is 1.40. The minimum absolute atomic E-state index is 0.411. The topological polar surface area (TPSA) is 50.8 Å². The first-order chi connectivity index (χ1) is 7.83. The third-order valence-electron chi connectivity index (χ3n) is 2.14. The molecule has 0 saturated carbocycles. The van der Waals surface area contributed by atoms with Crippen LogP contribution in [0.25, 0.3) is 5.69 Å². The van der Waals surface area contributed by atoms with Gasteiger partial charge in [-0.3, -0.25) is 0 Å². The second kappa shape index (κ2) is 4.49. The lowest BCUT2D eigenvalue weighted by Gasteiger charge is -2.04. The van der Waals surface area contributed by atoms with Gasteiger partial charge in [0.1, 0.15) is 18.1 Å². The van der Waals surface area contributed by atoms with Crippen molar-refractivity contribution in [3.63, 3.8) is 0 Å². The molecule has 0 amide bonds. The van der Waals surface area contributed by atoms with Crippen LogP contribution in [0.4, 0.5) is 0 Å². The number of nitriles is 1. The van der Waals surface area contributed by atoms with E-state index in [0.29, 0.717) is 12.3 Å². The Labute approximate surface area is 93.7 Å². The quantitative estimate of drug-likeness (QED) is 0.784. The highest BCUT2D eigenvalue weighted by molar-refractivity contribution is 5.38. The Morgan fingerprint density at radius 2 is 2.12 bits per heavy atom. The maximum Gasteiger partial charge on any atom is 0.158 e. The van der Waals surface area contributed by atoms with Crippen LogP contribution in [0.1, 0.15) is 12.6 Å². The second-order valence-corrected chi connectivity index (χ2v) is 3.20. The van der Waals surface area contributed by atoms with E-state index in [4.69, 9.17) is 10.00 Å². The molecule has 0 aliphatic heterocycles. The number of ether oxygens (including phenoxy) is 1. The molecule has 2 rings (SSSR count). The average Bonchev–Trinajstić information content (AvgIpc) is 2.79. The molecule has 4 nitrogen and oxygen atoms in total. The highest BCUT2D eigenvalue weighted by atomic mass is 16.5. The maximum atomic E-state index is 8.67. The molecule has 80 valence electrons. The summed E-state index contributed by atoms with van der Waals surface area (Å²) in [6, 6.07) is 9.63. The molecule has 2 aromatic rings. The number of hydrogen-bond acceptors (Lipinski definition) is 3. The first-order valence-electron chi connectivity index (χ1n) is 5.01. The molecule has 0 atom stereocenters. The molecule has 1 heterocycles. The first kappa shape index (κ1) is 10.2. The van der Waals surface area contributed by atoms with E-state index in [9.17, 15) is 0 Å². The zero-order chi connectivity index (χ0) is 11.4. The Balaban J connectivity index is 2.24. The molecule has 0 unspecified atom stereocenters. The van der Waals surface area contributed by atoms with E-state index in [0.717, 1.165) is 11.4 Å². The van der Waals surface area contributed by atoms with Crippen LogP contribution in [0.15, 0.2) is 36.8 Å². The van der Waals surface area contributed by atoms with Gasteiger partial charge in [-0.15, -0.1) is 0 Å². The van der Waals surface area contributed by atoms with Crippen LogP contribution in [-0.4, -0.2) is 16.2 Å². The largest absolute Gasteiger partial charge is 0.494 e. The molecule has 0 aliphatic carbocycles. The van der Waals surface area contributed by atoms with Crippen molar-refractivity contribution in [2.24, 2.45) is 0 Å².